The zero-order valence-electron chi connectivity index (χ0n) is 14.4. The molecule has 2 heterocycles. The van der Waals surface area contributed by atoms with Crippen molar-refractivity contribution in [3.05, 3.63) is 78.0 Å². The molecule has 4 aromatic rings. The van der Waals surface area contributed by atoms with Crippen molar-refractivity contribution in [1.82, 2.24) is 15.1 Å². The molecule has 5 nitrogen and oxygen atoms in total. The Labute approximate surface area is 151 Å². The molecule has 5 heteroatoms. The number of furan rings is 1. The van der Waals surface area contributed by atoms with E-state index in [9.17, 15) is 0 Å². The standard InChI is InChI=1S/C21H21N3O2/c25-11-10-22-13-18-15-24(14-16-6-2-1-3-7-16)23-21(18)20-12-17-8-4-5-9-19(17)26-20/h1-9,12,15,22,25H,10-11,13-14H2. The van der Waals surface area contributed by atoms with Crippen molar-refractivity contribution in [2.45, 2.75) is 13.1 Å². The average Bonchev–Trinajstić information content (AvgIpc) is 3.26. The van der Waals surface area contributed by atoms with Crippen molar-refractivity contribution < 1.29 is 9.52 Å². The minimum absolute atomic E-state index is 0.109. The molecule has 0 saturated carbocycles. The molecule has 2 N–H and O–H groups in total. The quantitative estimate of drug-likeness (QED) is 0.503. The van der Waals surface area contributed by atoms with Crippen LogP contribution in [-0.4, -0.2) is 28.0 Å². The Bertz CT molecular complexity index is 956. The fourth-order valence-corrected chi connectivity index (χ4v) is 3.05. The highest BCUT2D eigenvalue weighted by Crippen LogP contribution is 2.29. The topological polar surface area (TPSA) is 63.2 Å². The first kappa shape index (κ1) is 16.6. The van der Waals surface area contributed by atoms with E-state index in [2.05, 4.69) is 17.4 Å². The SMILES string of the molecule is OCCNCc1cn(Cc2ccccc2)nc1-c1cc2ccccc2o1. The molecule has 0 saturated heterocycles. The molecule has 0 bridgehead atoms. The maximum atomic E-state index is 9.02. The maximum absolute atomic E-state index is 9.02. The van der Waals surface area contributed by atoms with E-state index in [1.54, 1.807) is 0 Å². The Balaban J connectivity index is 1.68. The Hall–Kier alpha value is -2.89. The summed E-state index contributed by atoms with van der Waals surface area (Å²) in [6, 6.07) is 20.2. The third-order valence-corrected chi connectivity index (χ3v) is 4.29. The molecule has 0 unspecified atom stereocenters. The van der Waals surface area contributed by atoms with Gasteiger partial charge in [0, 0.05) is 30.2 Å². The van der Waals surface area contributed by atoms with Crippen molar-refractivity contribution in [1.29, 1.82) is 0 Å². The minimum atomic E-state index is 0.109. The van der Waals surface area contributed by atoms with Gasteiger partial charge in [-0.1, -0.05) is 48.5 Å². The molecule has 132 valence electrons. The second-order valence-corrected chi connectivity index (χ2v) is 6.23. The van der Waals surface area contributed by atoms with E-state index in [0.717, 1.165) is 28.0 Å². The van der Waals surface area contributed by atoms with Gasteiger partial charge in [0.15, 0.2) is 5.76 Å². The van der Waals surface area contributed by atoms with Gasteiger partial charge in [0.25, 0.3) is 0 Å². The summed E-state index contributed by atoms with van der Waals surface area (Å²) in [4.78, 5) is 0. The molecule has 0 aliphatic rings. The summed E-state index contributed by atoms with van der Waals surface area (Å²) < 4.78 is 7.95. The molecule has 0 atom stereocenters. The summed E-state index contributed by atoms with van der Waals surface area (Å²) in [6.07, 6.45) is 2.04. The van der Waals surface area contributed by atoms with Gasteiger partial charge in [0.1, 0.15) is 11.3 Å². The Morgan fingerprint density at radius 2 is 1.85 bits per heavy atom. The summed E-state index contributed by atoms with van der Waals surface area (Å²) in [5.41, 5.74) is 3.94. The lowest BCUT2D eigenvalue weighted by Crippen LogP contribution is -2.17. The third kappa shape index (κ3) is 3.54. The van der Waals surface area contributed by atoms with Crippen LogP contribution < -0.4 is 5.32 Å². The second kappa shape index (κ2) is 7.56. The van der Waals surface area contributed by atoms with Gasteiger partial charge in [-0.3, -0.25) is 4.68 Å². The van der Waals surface area contributed by atoms with Crippen molar-refractivity contribution in [2.75, 3.05) is 13.2 Å². The largest absolute Gasteiger partial charge is 0.454 e. The zero-order chi connectivity index (χ0) is 17.8. The molecule has 0 aliphatic carbocycles. The predicted octanol–water partition coefficient (Wildman–Crippen LogP) is 3.43. The van der Waals surface area contributed by atoms with E-state index in [1.807, 2.05) is 59.4 Å². The molecule has 2 aromatic heterocycles. The fourth-order valence-electron chi connectivity index (χ4n) is 3.05. The molecule has 0 aliphatic heterocycles. The Kier molecular flexibility index (Phi) is 4.82. The minimum Gasteiger partial charge on any atom is -0.454 e. The lowest BCUT2D eigenvalue weighted by Gasteiger charge is -2.01. The highest BCUT2D eigenvalue weighted by Gasteiger charge is 2.15. The number of aliphatic hydroxyl groups is 1. The summed E-state index contributed by atoms with van der Waals surface area (Å²) in [5.74, 6) is 0.763. The van der Waals surface area contributed by atoms with Crippen LogP contribution in [0.3, 0.4) is 0 Å². The van der Waals surface area contributed by atoms with Gasteiger partial charge in [-0.15, -0.1) is 0 Å². The number of hydrogen-bond acceptors (Lipinski definition) is 4. The molecule has 2 aromatic carbocycles. The number of nitrogens with one attached hydrogen (secondary N) is 1. The predicted molar refractivity (Wildman–Crippen MR) is 102 cm³/mol. The van der Waals surface area contributed by atoms with Crippen molar-refractivity contribution in [3.8, 4) is 11.5 Å². The maximum Gasteiger partial charge on any atom is 0.156 e. The lowest BCUT2D eigenvalue weighted by molar-refractivity contribution is 0.292. The van der Waals surface area contributed by atoms with E-state index in [1.165, 1.54) is 5.56 Å². The molecular weight excluding hydrogens is 326 g/mol. The van der Waals surface area contributed by atoms with Gasteiger partial charge >= 0.3 is 0 Å². The summed E-state index contributed by atoms with van der Waals surface area (Å²) in [6.45, 7) is 1.98. The van der Waals surface area contributed by atoms with Gasteiger partial charge in [-0.25, -0.2) is 0 Å². The Morgan fingerprint density at radius 3 is 2.65 bits per heavy atom. The highest BCUT2D eigenvalue weighted by atomic mass is 16.3. The molecular formula is C21H21N3O2. The Morgan fingerprint density at radius 1 is 1.04 bits per heavy atom. The number of fused-ring (bicyclic) bond motifs is 1. The van der Waals surface area contributed by atoms with Crippen LogP contribution in [0.1, 0.15) is 11.1 Å². The molecule has 0 radical (unpaired) electrons. The van der Waals surface area contributed by atoms with E-state index >= 15 is 0 Å². The highest BCUT2D eigenvalue weighted by molar-refractivity contribution is 5.82. The molecule has 0 amide bonds. The molecule has 4 rings (SSSR count). The van der Waals surface area contributed by atoms with Gasteiger partial charge in [-0.05, 0) is 17.7 Å². The van der Waals surface area contributed by atoms with Crippen LogP contribution in [-0.2, 0) is 13.1 Å². The van der Waals surface area contributed by atoms with Crippen LogP contribution in [0.15, 0.2) is 71.3 Å². The normalized spacial score (nSPS) is 11.3. The lowest BCUT2D eigenvalue weighted by atomic mass is 10.2. The number of rotatable bonds is 7. The summed E-state index contributed by atoms with van der Waals surface area (Å²) >= 11 is 0. The van der Waals surface area contributed by atoms with Crippen LogP contribution in [0, 0.1) is 0 Å². The van der Waals surface area contributed by atoms with Crippen molar-refractivity contribution in [2.24, 2.45) is 0 Å². The number of aliphatic hydroxyl groups excluding tert-OH is 1. The first-order valence-electron chi connectivity index (χ1n) is 8.74. The number of nitrogens with zero attached hydrogens (tertiary/aromatic N) is 2. The average molecular weight is 347 g/mol. The second-order valence-electron chi connectivity index (χ2n) is 6.23. The van der Waals surface area contributed by atoms with Crippen LogP contribution in [0.25, 0.3) is 22.4 Å². The summed E-state index contributed by atoms with van der Waals surface area (Å²) in [7, 11) is 0. The first-order valence-corrected chi connectivity index (χ1v) is 8.74. The van der Waals surface area contributed by atoms with Gasteiger partial charge in [0.05, 0.1) is 13.2 Å². The van der Waals surface area contributed by atoms with E-state index < -0.39 is 0 Å². The van der Waals surface area contributed by atoms with E-state index in [-0.39, 0.29) is 6.61 Å². The number of hydrogen-bond donors (Lipinski definition) is 2. The molecule has 26 heavy (non-hydrogen) atoms. The first-order chi connectivity index (χ1) is 12.8. The van der Waals surface area contributed by atoms with Crippen LogP contribution >= 0.6 is 0 Å². The number of para-hydroxylation sites is 1. The number of aromatic nitrogens is 2. The van der Waals surface area contributed by atoms with E-state index in [0.29, 0.717) is 19.6 Å². The smallest absolute Gasteiger partial charge is 0.156 e. The monoisotopic (exact) mass is 347 g/mol. The van der Waals surface area contributed by atoms with Crippen LogP contribution in [0.5, 0.6) is 0 Å². The van der Waals surface area contributed by atoms with Crippen molar-refractivity contribution >= 4 is 11.0 Å². The van der Waals surface area contributed by atoms with Crippen molar-refractivity contribution in [3.63, 3.8) is 0 Å². The van der Waals surface area contributed by atoms with E-state index in [4.69, 9.17) is 14.6 Å². The van der Waals surface area contributed by atoms with Crippen LogP contribution in [0.4, 0.5) is 0 Å². The molecule has 0 spiro atoms. The van der Waals surface area contributed by atoms with Crippen LogP contribution in [0.2, 0.25) is 0 Å². The zero-order valence-corrected chi connectivity index (χ0v) is 14.4. The van der Waals surface area contributed by atoms with Gasteiger partial charge < -0.3 is 14.8 Å². The summed E-state index contributed by atoms with van der Waals surface area (Å²) in [5, 5.41) is 18.1. The molecule has 0 fully saturated rings. The third-order valence-electron chi connectivity index (χ3n) is 4.29. The number of benzene rings is 2. The van der Waals surface area contributed by atoms with Gasteiger partial charge in [0.2, 0.25) is 0 Å². The van der Waals surface area contributed by atoms with Gasteiger partial charge in [-0.2, -0.15) is 5.10 Å². The fraction of sp³-hybridized carbons (Fsp3) is 0.190.